The molecule has 0 spiro atoms. The molecule has 1 aliphatic heterocycles. The summed E-state index contributed by atoms with van der Waals surface area (Å²) in [5, 5.41) is 9.26. The van der Waals surface area contributed by atoms with Gasteiger partial charge in [0.2, 0.25) is 5.91 Å². The zero-order chi connectivity index (χ0) is 14.0. The maximum Gasteiger partial charge on any atom is 0.307 e. The second-order valence-electron chi connectivity index (χ2n) is 5.72. The van der Waals surface area contributed by atoms with Crippen molar-refractivity contribution in [1.82, 2.24) is 4.90 Å². The number of likely N-dealkylation sites (N-methyl/N-ethyl adjacent to an activating group) is 1. The zero-order valence-corrected chi connectivity index (χ0v) is 11.7. The number of ether oxygens (including phenoxy) is 1. The first-order valence-corrected chi connectivity index (χ1v) is 7.13. The Kier molecular flexibility index (Phi) is 4.45. The molecule has 0 radical (unpaired) electrons. The van der Waals surface area contributed by atoms with E-state index in [9.17, 15) is 14.7 Å². The molecule has 19 heavy (non-hydrogen) atoms. The third-order valence-electron chi connectivity index (χ3n) is 4.58. The van der Waals surface area contributed by atoms with Gasteiger partial charge in [0.05, 0.1) is 24.0 Å². The number of hydrogen-bond acceptors (Lipinski definition) is 3. The molecule has 108 valence electrons. The zero-order valence-electron chi connectivity index (χ0n) is 11.7. The predicted octanol–water partition coefficient (Wildman–Crippen LogP) is 1.51. The van der Waals surface area contributed by atoms with Crippen molar-refractivity contribution in [2.24, 2.45) is 11.8 Å². The van der Waals surface area contributed by atoms with Gasteiger partial charge in [-0.2, -0.15) is 0 Å². The molecule has 5 heteroatoms. The lowest BCUT2D eigenvalue weighted by Gasteiger charge is -2.34. The van der Waals surface area contributed by atoms with Gasteiger partial charge in [-0.05, 0) is 26.2 Å². The first kappa shape index (κ1) is 14.3. The second kappa shape index (κ2) is 5.90. The van der Waals surface area contributed by atoms with Gasteiger partial charge in [-0.1, -0.05) is 12.8 Å². The van der Waals surface area contributed by atoms with Crippen LogP contribution in [0.25, 0.3) is 0 Å². The van der Waals surface area contributed by atoms with E-state index in [0.29, 0.717) is 19.4 Å². The van der Waals surface area contributed by atoms with Crippen LogP contribution in [0, 0.1) is 11.8 Å². The molecule has 1 N–H and O–H groups in total. The van der Waals surface area contributed by atoms with Crippen molar-refractivity contribution in [3.63, 3.8) is 0 Å². The van der Waals surface area contributed by atoms with Crippen LogP contribution in [-0.4, -0.2) is 47.7 Å². The highest BCUT2D eigenvalue weighted by atomic mass is 16.5. The Bertz CT molecular complexity index is 357. The van der Waals surface area contributed by atoms with Gasteiger partial charge in [0.25, 0.3) is 0 Å². The summed E-state index contributed by atoms with van der Waals surface area (Å²) < 4.78 is 5.49. The fraction of sp³-hybridized carbons (Fsp3) is 0.857. The molecule has 1 saturated carbocycles. The number of carbonyl (C=O) groups excluding carboxylic acids is 1. The Balaban J connectivity index is 2.06. The van der Waals surface area contributed by atoms with E-state index in [1.807, 2.05) is 6.92 Å². The summed E-state index contributed by atoms with van der Waals surface area (Å²) in [6.45, 7) is 2.65. The molecule has 2 aliphatic rings. The van der Waals surface area contributed by atoms with Crippen molar-refractivity contribution in [1.29, 1.82) is 0 Å². The number of rotatable bonds is 3. The quantitative estimate of drug-likeness (QED) is 0.843. The summed E-state index contributed by atoms with van der Waals surface area (Å²) in [7, 11) is 1.78. The van der Waals surface area contributed by atoms with Crippen LogP contribution in [0.2, 0.25) is 0 Å². The third-order valence-corrected chi connectivity index (χ3v) is 4.58. The van der Waals surface area contributed by atoms with Gasteiger partial charge in [0.1, 0.15) is 0 Å². The molecule has 2 fully saturated rings. The lowest BCUT2D eigenvalue weighted by Crippen LogP contribution is -2.47. The minimum atomic E-state index is -0.831. The smallest absolute Gasteiger partial charge is 0.307 e. The van der Waals surface area contributed by atoms with E-state index in [1.165, 1.54) is 0 Å². The van der Waals surface area contributed by atoms with Crippen molar-refractivity contribution >= 4 is 11.9 Å². The van der Waals surface area contributed by atoms with Crippen LogP contribution in [0.4, 0.5) is 0 Å². The number of amides is 1. The summed E-state index contributed by atoms with van der Waals surface area (Å²) in [6.07, 6.45) is 4.06. The van der Waals surface area contributed by atoms with E-state index in [0.717, 1.165) is 19.3 Å². The number of nitrogens with zero attached hydrogens (tertiary/aromatic N) is 1. The molecule has 5 nitrogen and oxygen atoms in total. The van der Waals surface area contributed by atoms with Crippen LogP contribution in [-0.2, 0) is 14.3 Å². The average Bonchev–Trinajstić information content (AvgIpc) is 2.83. The predicted molar refractivity (Wildman–Crippen MR) is 69.7 cm³/mol. The van der Waals surface area contributed by atoms with Gasteiger partial charge >= 0.3 is 5.97 Å². The molecule has 1 saturated heterocycles. The molecule has 2 rings (SSSR count). The monoisotopic (exact) mass is 269 g/mol. The number of carboxylic acids is 1. The minimum absolute atomic E-state index is 0.0190. The average molecular weight is 269 g/mol. The highest BCUT2D eigenvalue weighted by Gasteiger charge is 2.40. The number of hydrogen-bond donors (Lipinski definition) is 1. The molecule has 0 aromatic carbocycles. The Morgan fingerprint density at radius 1 is 1.16 bits per heavy atom. The first-order valence-electron chi connectivity index (χ1n) is 7.13. The van der Waals surface area contributed by atoms with Gasteiger partial charge in [0.15, 0.2) is 0 Å². The maximum absolute atomic E-state index is 12.6. The molecule has 4 atom stereocenters. The SMILES string of the molecule is CC1OCCC1N(C)C(=O)C1CCCCC1C(=O)O. The van der Waals surface area contributed by atoms with Gasteiger partial charge in [-0.15, -0.1) is 0 Å². The van der Waals surface area contributed by atoms with Crippen LogP contribution in [0.3, 0.4) is 0 Å². The Labute approximate surface area is 113 Å². The Morgan fingerprint density at radius 2 is 1.79 bits per heavy atom. The number of aliphatic carboxylic acids is 1. The summed E-state index contributed by atoms with van der Waals surface area (Å²) in [4.78, 5) is 25.6. The van der Waals surface area contributed by atoms with Crippen molar-refractivity contribution < 1.29 is 19.4 Å². The van der Waals surface area contributed by atoms with E-state index in [4.69, 9.17) is 4.74 Å². The topological polar surface area (TPSA) is 66.8 Å². The highest BCUT2D eigenvalue weighted by molar-refractivity contribution is 5.85. The van der Waals surface area contributed by atoms with E-state index in [1.54, 1.807) is 11.9 Å². The summed E-state index contributed by atoms with van der Waals surface area (Å²) >= 11 is 0. The Hall–Kier alpha value is -1.10. The lowest BCUT2D eigenvalue weighted by atomic mass is 9.78. The van der Waals surface area contributed by atoms with Crippen LogP contribution in [0.1, 0.15) is 39.0 Å². The van der Waals surface area contributed by atoms with Gasteiger partial charge in [-0.25, -0.2) is 0 Å². The molecular formula is C14H23NO4. The maximum atomic E-state index is 12.6. The molecule has 1 heterocycles. The van der Waals surface area contributed by atoms with E-state index in [2.05, 4.69) is 0 Å². The van der Waals surface area contributed by atoms with Crippen molar-refractivity contribution in [3.8, 4) is 0 Å². The van der Waals surface area contributed by atoms with Gasteiger partial charge < -0.3 is 14.7 Å². The van der Waals surface area contributed by atoms with Crippen molar-refractivity contribution in [2.75, 3.05) is 13.7 Å². The van der Waals surface area contributed by atoms with E-state index >= 15 is 0 Å². The highest BCUT2D eigenvalue weighted by Crippen LogP contribution is 2.33. The normalized spacial score (nSPS) is 35.1. The molecule has 4 unspecified atom stereocenters. The van der Waals surface area contributed by atoms with Crippen LogP contribution in [0.15, 0.2) is 0 Å². The lowest BCUT2D eigenvalue weighted by molar-refractivity contribution is -0.153. The summed E-state index contributed by atoms with van der Waals surface area (Å²) in [5.74, 6) is -1.72. The largest absolute Gasteiger partial charge is 0.481 e. The standard InChI is InChI=1S/C14H23NO4/c1-9-12(7-8-19-9)15(2)13(16)10-5-3-4-6-11(10)14(17)18/h9-12H,3-8H2,1-2H3,(H,17,18). The van der Waals surface area contributed by atoms with Crippen LogP contribution >= 0.6 is 0 Å². The van der Waals surface area contributed by atoms with Crippen LogP contribution < -0.4 is 0 Å². The number of carboxylic acid groups (broad SMARTS) is 1. The first-order chi connectivity index (χ1) is 9.02. The molecule has 1 amide bonds. The van der Waals surface area contributed by atoms with Crippen molar-refractivity contribution in [2.45, 2.75) is 51.2 Å². The molecule has 0 bridgehead atoms. The van der Waals surface area contributed by atoms with E-state index < -0.39 is 11.9 Å². The minimum Gasteiger partial charge on any atom is -0.481 e. The van der Waals surface area contributed by atoms with Gasteiger partial charge in [0, 0.05) is 13.7 Å². The van der Waals surface area contributed by atoms with E-state index in [-0.39, 0.29) is 24.0 Å². The molecule has 0 aromatic heterocycles. The van der Waals surface area contributed by atoms with Crippen molar-refractivity contribution in [3.05, 3.63) is 0 Å². The number of carbonyl (C=O) groups is 2. The second-order valence-corrected chi connectivity index (χ2v) is 5.72. The fourth-order valence-corrected chi connectivity index (χ4v) is 3.38. The molecule has 0 aromatic rings. The summed E-state index contributed by atoms with van der Waals surface area (Å²) in [5.41, 5.74) is 0. The van der Waals surface area contributed by atoms with Gasteiger partial charge in [-0.3, -0.25) is 9.59 Å². The third kappa shape index (κ3) is 2.91. The summed E-state index contributed by atoms with van der Waals surface area (Å²) in [6, 6.07) is 0.0869. The molecular weight excluding hydrogens is 246 g/mol. The molecule has 1 aliphatic carbocycles. The van der Waals surface area contributed by atoms with Crippen LogP contribution in [0.5, 0.6) is 0 Å². The fourth-order valence-electron chi connectivity index (χ4n) is 3.38. The Morgan fingerprint density at radius 3 is 2.32 bits per heavy atom.